The average molecular weight is 204 g/mol. The molecule has 0 bridgehead atoms. The molecule has 1 aliphatic carbocycles. The van der Waals surface area contributed by atoms with Gasteiger partial charge in [0.25, 0.3) is 0 Å². The molecular weight excluding hydrogens is 186 g/mol. The predicted octanol–water partition coefficient (Wildman–Crippen LogP) is 3.43. The van der Waals surface area contributed by atoms with E-state index in [9.17, 15) is 13.6 Å². The van der Waals surface area contributed by atoms with Crippen LogP contribution in [0.5, 0.6) is 0 Å². The Labute approximate surface area is 83.9 Å². The molecule has 1 aliphatic rings. The summed E-state index contributed by atoms with van der Waals surface area (Å²) in [5.74, 6) is -2.69. The first-order chi connectivity index (χ1) is 6.41. The maximum atomic E-state index is 13.0. The van der Waals surface area contributed by atoms with E-state index in [0.29, 0.717) is 19.3 Å². The van der Waals surface area contributed by atoms with E-state index in [4.69, 9.17) is 0 Å². The molecule has 14 heavy (non-hydrogen) atoms. The van der Waals surface area contributed by atoms with Crippen molar-refractivity contribution in [1.29, 1.82) is 0 Å². The number of hydrogen-bond acceptors (Lipinski definition) is 1. The van der Waals surface area contributed by atoms with Gasteiger partial charge in [-0.05, 0) is 18.8 Å². The number of hydrogen-bond donors (Lipinski definition) is 0. The molecule has 3 heteroatoms. The normalized spacial score (nSPS) is 26.5. The minimum absolute atomic E-state index is 0.0272. The Morgan fingerprint density at radius 3 is 2.64 bits per heavy atom. The maximum absolute atomic E-state index is 13.0. The van der Waals surface area contributed by atoms with E-state index in [1.54, 1.807) is 0 Å². The standard InChI is InChI=1S/C11H18F2O/c1-8(2)6-10(14)9-4-3-5-11(12,13)7-9/h8-9H,3-7H2,1-2H3. The van der Waals surface area contributed by atoms with Crippen molar-refractivity contribution < 1.29 is 13.6 Å². The van der Waals surface area contributed by atoms with Crippen LogP contribution in [0.1, 0.15) is 46.0 Å². The van der Waals surface area contributed by atoms with Gasteiger partial charge in [-0.1, -0.05) is 13.8 Å². The molecule has 0 amide bonds. The van der Waals surface area contributed by atoms with E-state index in [2.05, 4.69) is 0 Å². The highest BCUT2D eigenvalue weighted by Gasteiger charge is 2.38. The molecular formula is C11H18F2O. The quantitative estimate of drug-likeness (QED) is 0.688. The lowest BCUT2D eigenvalue weighted by Crippen LogP contribution is -2.31. The lowest BCUT2D eigenvalue weighted by atomic mass is 9.82. The molecule has 0 aliphatic heterocycles. The number of Topliss-reactive ketones (excluding diaryl/α,β-unsaturated/α-hetero) is 1. The average Bonchev–Trinajstić information content (AvgIpc) is 2.01. The fourth-order valence-electron chi connectivity index (χ4n) is 2.02. The fraction of sp³-hybridized carbons (Fsp3) is 0.909. The topological polar surface area (TPSA) is 17.1 Å². The molecule has 0 saturated heterocycles. The maximum Gasteiger partial charge on any atom is 0.248 e. The molecule has 82 valence electrons. The third-order valence-electron chi connectivity index (χ3n) is 2.70. The molecule has 1 nitrogen and oxygen atoms in total. The fourth-order valence-corrected chi connectivity index (χ4v) is 2.02. The van der Waals surface area contributed by atoms with Gasteiger partial charge in [-0.2, -0.15) is 0 Å². The molecule has 0 aromatic rings. The van der Waals surface area contributed by atoms with Gasteiger partial charge in [-0.25, -0.2) is 8.78 Å². The van der Waals surface area contributed by atoms with E-state index in [0.717, 1.165) is 0 Å². The van der Waals surface area contributed by atoms with Crippen LogP contribution in [-0.2, 0) is 4.79 Å². The van der Waals surface area contributed by atoms with Gasteiger partial charge in [0.15, 0.2) is 0 Å². The van der Waals surface area contributed by atoms with Gasteiger partial charge in [0.1, 0.15) is 5.78 Å². The van der Waals surface area contributed by atoms with Crippen molar-refractivity contribution in [3.05, 3.63) is 0 Å². The van der Waals surface area contributed by atoms with E-state index < -0.39 is 5.92 Å². The second-order valence-electron chi connectivity index (χ2n) is 4.71. The number of carbonyl (C=O) groups excluding carboxylic acids is 1. The Hall–Kier alpha value is -0.470. The Morgan fingerprint density at radius 2 is 2.14 bits per heavy atom. The van der Waals surface area contributed by atoms with Gasteiger partial charge < -0.3 is 0 Å². The summed E-state index contributed by atoms with van der Waals surface area (Å²) in [4.78, 5) is 11.6. The molecule has 0 aromatic heterocycles. The van der Waals surface area contributed by atoms with Crippen LogP contribution in [0.2, 0.25) is 0 Å². The molecule has 0 spiro atoms. The van der Waals surface area contributed by atoms with E-state index in [1.807, 2.05) is 13.8 Å². The number of halogens is 2. The zero-order chi connectivity index (χ0) is 10.8. The number of alkyl halides is 2. The van der Waals surface area contributed by atoms with Crippen LogP contribution in [0.15, 0.2) is 0 Å². The Morgan fingerprint density at radius 1 is 1.50 bits per heavy atom. The van der Waals surface area contributed by atoms with E-state index >= 15 is 0 Å². The molecule has 0 N–H and O–H groups in total. The Bertz CT molecular complexity index is 211. The summed E-state index contributed by atoms with van der Waals surface area (Å²) in [6.07, 6.45) is 1.32. The SMILES string of the molecule is CC(C)CC(=O)C1CCCC(F)(F)C1. The van der Waals surface area contributed by atoms with Crippen molar-refractivity contribution >= 4 is 5.78 Å². The van der Waals surface area contributed by atoms with E-state index in [1.165, 1.54) is 0 Å². The molecule has 1 saturated carbocycles. The molecule has 0 radical (unpaired) electrons. The highest BCUT2D eigenvalue weighted by atomic mass is 19.3. The molecule has 0 heterocycles. The van der Waals surface area contributed by atoms with Crippen molar-refractivity contribution in [2.45, 2.75) is 51.9 Å². The van der Waals surface area contributed by atoms with Crippen LogP contribution in [0.4, 0.5) is 8.78 Å². The van der Waals surface area contributed by atoms with Crippen LogP contribution in [0.3, 0.4) is 0 Å². The van der Waals surface area contributed by atoms with Crippen molar-refractivity contribution in [2.24, 2.45) is 11.8 Å². The Balaban J connectivity index is 2.48. The number of carbonyl (C=O) groups is 1. The van der Waals surface area contributed by atoms with Gasteiger partial charge in [-0.3, -0.25) is 4.79 Å². The molecule has 1 fully saturated rings. The van der Waals surface area contributed by atoms with Gasteiger partial charge in [0, 0.05) is 25.2 Å². The molecule has 1 atom stereocenters. The number of rotatable bonds is 3. The predicted molar refractivity (Wildman–Crippen MR) is 51.4 cm³/mol. The zero-order valence-corrected chi connectivity index (χ0v) is 8.85. The summed E-state index contributed by atoms with van der Waals surface area (Å²) < 4.78 is 26.0. The lowest BCUT2D eigenvalue weighted by Gasteiger charge is -2.28. The van der Waals surface area contributed by atoms with Crippen molar-refractivity contribution in [2.75, 3.05) is 0 Å². The first-order valence-electron chi connectivity index (χ1n) is 5.31. The van der Waals surface area contributed by atoms with Crippen LogP contribution >= 0.6 is 0 Å². The summed E-state index contributed by atoms with van der Waals surface area (Å²) in [5, 5.41) is 0. The molecule has 0 aromatic carbocycles. The van der Waals surface area contributed by atoms with Gasteiger partial charge in [0.05, 0.1) is 0 Å². The summed E-state index contributed by atoms with van der Waals surface area (Å²) >= 11 is 0. The first-order valence-corrected chi connectivity index (χ1v) is 5.31. The number of ketones is 1. The van der Waals surface area contributed by atoms with Crippen molar-refractivity contribution in [3.8, 4) is 0 Å². The monoisotopic (exact) mass is 204 g/mol. The van der Waals surface area contributed by atoms with E-state index in [-0.39, 0.29) is 30.5 Å². The minimum atomic E-state index is -2.60. The second-order valence-corrected chi connectivity index (χ2v) is 4.71. The molecule has 1 unspecified atom stereocenters. The van der Waals surface area contributed by atoms with Gasteiger partial charge in [-0.15, -0.1) is 0 Å². The smallest absolute Gasteiger partial charge is 0.248 e. The molecule has 1 rings (SSSR count). The summed E-state index contributed by atoms with van der Waals surface area (Å²) in [7, 11) is 0. The van der Waals surface area contributed by atoms with Crippen LogP contribution in [-0.4, -0.2) is 11.7 Å². The van der Waals surface area contributed by atoms with Crippen LogP contribution < -0.4 is 0 Å². The van der Waals surface area contributed by atoms with Crippen molar-refractivity contribution in [3.63, 3.8) is 0 Å². The van der Waals surface area contributed by atoms with Crippen molar-refractivity contribution in [1.82, 2.24) is 0 Å². The highest BCUT2D eigenvalue weighted by Crippen LogP contribution is 2.37. The second kappa shape index (κ2) is 4.37. The van der Waals surface area contributed by atoms with Crippen LogP contribution in [0.25, 0.3) is 0 Å². The first kappa shape index (κ1) is 11.6. The van der Waals surface area contributed by atoms with Gasteiger partial charge >= 0.3 is 0 Å². The van der Waals surface area contributed by atoms with Crippen LogP contribution in [0, 0.1) is 11.8 Å². The Kier molecular flexibility index (Phi) is 3.62. The zero-order valence-electron chi connectivity index (χ0n) is 8.85. The lowest BCUT2D eigenvalue weighted by molar-refractivity contribution is -0.130. The minimum Gasteiger partial charge on any atom is -0.299 e. The van der Waals surface area contributed by atoms with Gasteiger partial charge in [0.2, 0.25) is 5.92 Å². The third-order valence-corrected chi connectivity index (χ3v) is 2.70. The summed E-state index contributed by atoms with van der Waals surface area (Å²) in [6, 6.07) is 0. The third kappa shape index (κ3) is 3.35. The highest BCUT2D eigenvalue weighted by molar-refractivity contribution is 5.81. The largest absolute Gasteiger partial charge is 0.299 e. The summed E-state index contributed by atoms with van der Waals surface area (Å²) in [6.45, 7) is 3.89. The summed E-state index contributed by atoms with van der Waals surface area (Å²) in [5.41, 5.74) is 0.